The van der Waals surface area contributed by atoms with Crippen molar-refractivity contribution in [2.24, 2.45) is 5.92 Å². The normalized spacial score (nSPS) is 16.1. The van der Waals surface area contributed by atoms with E-state index in [-0.39, 0.29) is 24.6 Å². The molecule has 0 saturated carbocycles. The molecule has 0 radical (unpaired) electrons. The van der Waals surface area contributed by atoms with Crippen molar-refractivity contribution in [3.05, 3.63) is 29.1 Å². The smallest absolute Gasteiger partial charge is 0.299 e. The summed E-state index contributed by atoms with van der Waals surface area (Å²) in [6, 6.07) is 2.38. The highest BCUT2D eigenvalue weighted by atomic mass is 19.1. The number of amides is 1. The van der Waals surface area contributed by atoms with E-state index in [0.29, 0.717) is 11.3 Å². The Hall–Kier alpha value is -1.75. The minimum Gasteiger partial charge on any atom is -0.396 e. The number of benzene rings is 1. The Bertz CT molecular complexity index is 527. The lowest BCUT2D eigenvalue weighted by atomic mass is 10.1. The van der Waals surface area contributed by atoms with Gasteiger partial charge in [0, 0.05) is 13.2 Å². The Morgan fingerprint density at radius 1 is 1.39 bits per heavy atom. The number of carbonyl (C=O) groups is 2. The minimum absolute atomic E-state index is 0.0758. The lowest BCUT2D eigenvalue weighted by Gasteiger charge is -2.21. The first kappa shape index (κ1) is 12.7. The van der Waals surface area contributed by atoms with Gasteiger partial charge in [0.05, 0.1) is 11.3 Å². The molecule has 1 heterocycles. The number of ketones is 1. The lowest BCUT2D eigenvalue weighted by molar-refractivity contribution is -0.114. The van der Waals surface area contributed by atoms with E-state index in [1.165, 1.54) is 11.0 Å². The molecule has 1 N–H and O–H groups in total. The highest BCUT2D eigenvalue weighted by Gasteiger charge is 2.37. The Labute approximate surface area is 104 Å². The molecule has 0 bridgehead atoms. The zero-order valence-corrected chi connectivity index (χ0v) is 10.2. The van der Waals surface area contributed by atoms with Crippen LogP contribution in [0.1, 0.15) is 22.8 Å². The largest absolute Gasteiger partial charge is 0.396 e. The zero-order valence-electron chi connectivity index (χ0n) is 10.2. The van der Waals surface area contributed by atoms with Crippen molar-refractivity contribution in [3.63, 3.8) is 0 Å². The molecule has 1 aromatic carbocycles. The number of aryl methyl sites for hydroxylation is 1. The van der Waals surface area contributed by atoms with Gasteiger partial charge in [-0.05, 0) is 30.5 Å². The van der Waals surface area contributed by atoms with E-state index in [9.17, 15) is 14.0 Å². The van der Waals surface area contributed by atoms with Crippen LogP contribution in [0.2, 0.25) is 0 Å². The van der Waals surface area contributed by atoms with Gasteiger partial charge in [-0.15, -0.1) is 0 Å². The highest BCUT2D eigenvalue weighted by Crippen LogP contribution is 2.33. The van der Waals surface area contributed by atoms with E-state index in [1.54, 1.807) is 13.8 Å². The van der Waals surface area contributed by atoms with Gasteiger partial charge in [-0.3, -0.25) is 9.59 Å². The van der Waals surface area contributed by atoms with Crippen LogP contribution in [-0.4, -0.2) is 29.9 Å². The zero-order chi connectivity index (χ0) is 13.4. The van der Waals surface area contributed by atoms with E-state index < -0.39 is 17.5 Å². The third kappa shape index (κ3) is 1.90. The van der Waals surface area contributed by atoms with Gasteiger partial charge in [0.15, 0.2) is 0 Å². The highest BCUT2D eigenvalue weighted by molar-refractivity contribution is 6.52. The van der Waals surface area contributed by atoms with Gasteiger partial charge in [0.1, 0.15) is 5.82 Å². The fraction of sp³-hybridized carbons (Fsp3) is 0.385. The van der Waals surface area contributed by atoms with Crippen molar-refractivity contribution in [1.29, 1.82) is 0 Å². The molecule has 1 aliphatic heterocycles. The van der Waals surface area contributed by atoms with Crippen LogP contribution in [-0.2, 0) is 4.79 Å². The Morgan fingerprint density at radius 2 is 2.06 bits per heavy atom. The maximum Gasteiger partial charge on any atom is 0.299 e. The maximum absolute atomic E-state index is 13.3. The second-order valence-electron chi connectivity index (χ2n) is 4.65. The third-order valence-electron chi connectivity index (χ3n) is 3.03. The van der Waals surface area contributed by atoms with Crippen LogP contribution in [0.25, 0.3) is 0 Å². The number of carbonyl (C=O) groups excluding carboxylic acids is 2. The first-order valence-electron chi connectivity index (χ1n) is 5.73. The minimum atomic E-state index is -0.683. The summed E-state index contributed by atoms with van der Waals surface area (Å²) in [6.07, 6.45) is 0. The fourth-order valence-corrected chi connectivity index (χ4v) is 2.15. The van der Waals surface area contributed by atoms with E-state index >= 15 is 0 Å². The summed E-state index contributed by atoms with van der Waals surface area (Å²) in [7, 11) is 0. The number of Topliss-reactive ketones (excluding diaryl/α,β-unsaturated/α-hetero) is 1. The van der Waals surface area contributed by atoms with Crippen LogP contribution >= 0.6 is 0 Å². The van der Waals surface area contributed by atoms with Gasteiger partial charge >= 0.3 is 0 Å². The molecule has 1 amide bonds. The van der Waals surface area contributed by atoms with Crippen molar-refractivity contribution in [3.8, 4) is 0 Å². The van der Waals surface area contributed by atoms with Gasteiger partial charge in [-0.2, -0.15) is 0 Å². The van der Waals surface area contributed by atoms with Gasteiger partial charge in [0.2, 0.25) is 0 Å². The van der Waals surface area contributed by atoms with Crippen LogP contribution in [0, 0.1) is 18.7 Å². The summed E-state index contributed by atoms with van der Waals surface area (Å²) in [4.78, 5) is 24.9. The average Bonchev–Trinajstić information content (AvgIpc) is 2.54. The summed E-state index contributed by atoms with van der Waals surface area (Å²) in [5, 5.41) is 9.03. The number of anilines is 1. The van der Waals surface area contributed by atoms with E-state index in [2.05, 4.69) is 0 Å². The quantitative estimate of drug-likeness (QED) is 0.823. The summed E-state index contributed by atoms with van der Waals surface area (Å²) in [6.45, 7) is 3.60. The number of hydrogen-bond acceptors (Lipinski definition) is 3. The third-order valence-corrected chi connectivity index (χ3v) is 3.03. The number of fused-ring (bicyclic) bond motifs is 1. The van der Waals surface area contributed by atoms with Crippen LogP contribution in [0.5, 0.6) is 0 Å². The SMILES string of the molecule is Cc1cc(F)cc2c1N(CC(C)CO)C(=O)C2=O. The van der Waals surface area contributed by atoms with Gasteiger partial charge in [0.25, 0.3) is 11.7 Å². The summed E-state index contributed by atoms with van der Waals surface area (Å²) < 4.78 is 13.3. The van der Waals surface area contributed by atoms with Gasteiger partial charge in [-0.1, -0.05) is 6.92 Å². The van der Waals surface area contributed by atoms with Crippen molar-refractivity contribution >= 4 is 17.4 Å². The van der Waals surface area contributed by atoms with Crippen molar-refractivity contribution in [1.82, 2.24) is 0 Å². The molecular formula is C13H14FNO3. The van der Waals surface area contributed by atoms with Gasteiger partial charge < -0.3 is 10.0 Å². The van der Waals surface area contributed by atoms with Crippen molar-refractivity contribution in [2.45, 2.75) is 13.8 Å². The molecule has 1 aliphatic rings. The van der Waals surface area contributed by atoms with Crippen LogP contribution in [0.15, 0.2) is 12.1 Å². The molecule has 5 heteroatoms. The molecule has 1 atom stereocenters. The fourth-order valence-electron chi connectivity index (χ4n) is 2.15. The van der Waals surface area contributed by atoms with Crippen molar-refractivity contribution in [2.75, 3.05) is 18.1 Å². The number of aliphatic hydroxyl groups excluding tert-OH is 1. The molecule has 4 nitrogen and oxygen atoms in total. The predicted octanol–water partition coefficient (Wildman–Crippen LogP) is 1.29. The topological polar surface area (TPSA) is 57.6 Å². The second kappa shape index (κ2) is 4.49. The molecule has 1 unspecified atom stereocenters. The molecule has 0 spiro atoms. The number of nitrogens with zero attached hydrogens (tertiary/aromatic N) is 1. The Kier molecular flexibility index (Phi) is 3.17. The molecule has 18 heavy (non-hydrogen) atoms. The number of aliphatic hydroxyl groups is 1. The molecule has 96 valence electrons. The number of hydrogen-bond donors (Lipinski definition) is 1. The molecule has 0 fully saturated rings. The molecule has 0 aromatic heterocycles. The number of rotatable bonds is 3. The first-order valence-corrected chi connectivity index (χ1v) is 5.73. The standard InChI is InChI=1S/C13H14FNO3/c1-7(6-16)5-15-11-8(2)3-9(14)4-10(11)12(17)13(15)18/h3-4,7,16H,5-6H2,1-2H3. The Balaban J connectivity index is 2.48. The van der Waals surface area contributed by atoms with Crippen LogP contribution in [0.3, 0.4) is 0 Å². The monoisotopic (exact) mass is 251 g/mol. The van der Waals surface area contributed by atoms with Crippen LogP contribution in [0.4, 0.5) is 10.1 Å². The second-order valence-corrected chi connectivity index (χ2v) is 4.65. The lowest BCUT2D eigenvalue weighted by Crippen LogP contribution is -2.34. The molecular weight excluding hydrogens is 237 g/mol. The van der Waals surface area contributed by atoms with Crippen molar-refractivity contribution < 1.29 is 19.1 Å². The van der Waals surface area contributed by atoms with Crippen LogP contribution < -0.4 is 4.90 Å². The molecule has 0 saturated heterocycles. The summed E-state index contributed by atoms with van der Waals surface area (Å²) in [5.41, 5.74) is 1.13. The predicted molar refractivity (Wildman–Crippen MR) is 64.1 cm³/mol. The molecule has 0 aliphatic carbocycles. The summed E-state index contributed by atoms with van der Waals surface area (Å²) >= 11 is 0. The van der Waals surface area contributed by atoms with Gasteiger partial charge in [-0.25, -0.2) is 4.39 Å². The Morgan fingerprint density at radius 3 is 2.67 bits per heavy atom. The van der Waals surface area contributed by atoms with E-state index in [1.807, 2.05) is 0 Å². The number of halogens is 1. The van der Waals surface area contributed by atoms with E-state index in [4.69, 9.17) is 5.11 Å². The van der Waals surface area contributed by atoms with E-state index in [0.717, 1.165) is 6.07 Å². The maximum atomic E-state index is 13.3. The molecule has 1 aromatic rings. The average molecular weight is 251 g/mol. The summed E-state index contributed by atoms with van der Waals surface area (Å²) in [5.74, 6) is -2.00. The molecule has 2 rings (SSSR count). The first-order chi connectivity index (χ1) is 8.45.